The molecule has 3 heterocycles. The van der Waals surface area contributed by atoms with Crippen molar-refractivity contribution in [2.75, 3.05) is 13.2 Å². The molecule has 184 valence electrons. The van der Waals surface area contributed by atoms with E-state index in [9.17, 15) is 9.59 Å². The number of ether oxygens (including phenoxy) is 1. The summed E-state index contributed by atoms with van der Waals surface area (Å²) in [6.07, 6.45) is 9.81. The molecule has 0 spiro atoms. The van der Waals surface area contributed by atoms with Crippen LogP contribution in [0.3, 0.4) is 0 Å². The van der Waals surface area contributed by atoms with E-state index in [0.29, 0.717) is 29.5 Å². The van der Waals surface area contributed by atoms with E-state index in [1.807, 2.05) is 28.8 Å². The first-order valence-electron chi connectivity index (χ1n) is 12.7. The number of pyridine rings is 1. The Balaban J connectivity index is 1.17. The number of nitrogens with zero attached hydrogens (tertiary/aromatic N) is 6. The average molecular weight is 478 g/mol. The minimum absolute atomic E-state index is 0.00775. The van der Waals surface area contributed by atoms with Gasteiger partial charge < -0.3 is 10.1 Å². The van der Waals surface area contributed by atoms with Crippen molar-refractivity contribution < 1.29 is 14.3 Å². The molecule has 1 N–H and O–H groups in total. The summed E-state index contributed by atoms with van der Waals surface area (Å²) in [7, 11) is 0. The number of amides is 1. The molecule has 0 aromatic carbocycles. The summed E-state index contributed by atoms with van der Waals surface area (Å²) < 4.78 is 8.35. The average Bonchev–Trinajstić information content (AvgIpc) is 3.43. The smallest absolute Gasteiger partial charge is 0.313 e. The number of tetrazole rings is 1. The molecule has 0 radical (unpaired) electrons. The van der Waals surface area contributed by atoms with Gasteiger partial charge in [-0.3, -0.25) is 14.0 Å². The highest BCUT2D eigenvalue weighted by molar-refractivity contribution is 5.93. The van der Waals surface area contributed by atoms with Crippen molar-refractivity contribution in [1.29, 1.82) is 0 Å². The largest absolute Gasteiger partial charge is 0.466 e. The molecule has 3 aromatic heterocycles. The molecule has 1 amide bonds. The Morgan fingerprint density at radius 2 is 1.89 bits per heavy atom. The molecule has 4 aliphatic carbocycles. The quantitative estimate of drug-likeness (QED) is 0.495. The molecule has 10 nitrogen and oxygen atoms in total. The maximum Gasteiger partial charge on any atom is 0.313 e. The fourth-order valence-electron chi connectivity index (χ4n) is 7.15. The molecule has 4 aliphatic rings. The van der Waals surface area contributed by atoms with Crippen molar-refractivity contribution in [1.82, 2.24) is 34.9 Å². The summed E-state index contributed by atoms with van der Waals surface area (Å²) in [4.78, 5) is 29.8. The second-order valence-electron chi connectivity index (χ2n) is 10.7. The number of esters is 1. The molecule has 10 heteroatoms. The van der Waals surface area contributed by atoms with Crippen LogP contribution in [0.5, 0.6) is 0 Å². The Kier molecular flexibility index (Phi) is 5.53. The standard InChI is InChI=1S/C25H31N7O3/c1-2-35-23(33)9-22-28-29-30-32(22)14-19-13-31-20(4-3-5-21(31)27-19)24(34)26-15-25-10-16-6-17(11-25)8-18(7-16)12-25/h3-5,13,16-18H,2,6-12,14-15H2,1H3,(H,26,34). The highest BCUT2D eigenvalue weighted by Gasteiger charge is 2.50. The second-order valence-corrected chi connectivity index (χ2v) is 10.7. The zero-order valence-electron chi connectivity index (χ0n) is 20.0. The molecule has 4 fully saturated rings. The molecule has 0 unspecified atom stereocenters. The van der Waals surface area contributed by atoms with Crippen LogP contribution in [0, 0.1) is 23.2 Å². The summed E-state index contributed by atoms with van der Waals surface area (Å²) in [5.41, 5.74) is 2.23. The SMILES string of the molecule is CCOC(=O)Cc1nnnn1Cc1cn2c(C(=O)NCC34CC5CC(CC(C5)C3)C4)cccc2n1. The molecule has 7 rings (SSSR count). The number of fused-ring (bicyclic) bond motifs is 1. The van der Waals surface area contributed by atoms with E-state index in [1.165, 1.54) is 43.2 Å². The van der Waals surface area contributed by atoms with E-state index in [-0.39, 0.29) is 30.3 Å². The molecular weight excluding hydrogens is 446 g/mol. The monoisotopic (exact) mass is 477 g/mol. The van der Waals surface area contributed by atoms with Crippen LogP contribution in [0.4, 0.5) is 0 Å². The Bertz CT molecular complexity index is 1230. The van der Waals surface area contributed by atoms with E-state index in [1.54, 1.807) is 6.92 Å². The van der Waals surface area contributed by atoms with Gasteiger partial charge in [0.2, 0.25) is 0 Å². The second kappa shape index (κ2) is 8.73. The van der Waals surface area contributed by atoms with Gasteiger partial charge in [-0.1, -0.05) is 6.07 Å². The highest BCUT2D eigenvalue weighted by atomic mass is 16.5. The lowest BCUT2D eigenvalue weighted by atomic mass is 9.49. The predicted molar refractivity (Wildman–Crippen MR) is 125 cm³/mol. The van der Waals surface area contributed by atoms with Gasteiger partial charge in [0.05, 0.1) is 18.8 Å². The van der Waals surface area contributed by atoms with Crippen LogP contribution in [-0.2, 0) is 22.5 Å². The molecule has 0 atom stereocenters. The number of carbonyl (C=O) groups is 2. The summed E-state index contributed by atoms with van der Waals surface area (Å²) in [5.74, 6) is 2.54. The Hall–Kier alpha value is -3.30. The van der Waals surface area contributed by atoms with E-state index in [4.69, 9.17) is 4.74 Å². The fraction of sp³-hybridized carbons (Fsp3) is 0.600. The van der Waals surface area contributed by atoms with Crippen molar-refractivity contribution in [2.24, 2.45) is 23.2 Å². The Morgan fingerprint density at radius 1 is 1.14 bits per heavy atom. The summed E-state index contributed by atoms with van der Waals surface area (Å²) >= 11 is 0. The van der Waals surface area contributed by atoms with Gasteiger partial charge in [0.15, 0.2) is 5.82 Å². The first-order valence-corrected chi connectivity index (χ1v) is 12.7. The zero-order valence-corrected chi connectivity index (χ0v) is 20.0. The molecule has 0 aliphatic heterocycles. The van der Waals surface area contributed by atoms with E-state index in [0.717, 1.165) is 24.3 Å². The van der Waals surface area contributed by atoms with Gasteiger partial charge in [-0.25, -0.2) is 9.67 Å². The topological polar surface area (TPSA) is 116 Å². The van der Waals surface area contributed by atoms with Crippen LogP contribution in [0.15, 0.2) is 24.4 Å². The number of imidazole rings is 1. The van der Waals surface area contributed by atoms with Crippen molar-refractivity contribution >= 4 is 17.5 Å². The van der Waals surface area contributed by atoms with Crippen LogP contribution < -0.4 is 5.32 Å². The number of aromatic nitrogens is 6. The van der Waals surface area contributed by atoms with Crippen molar-refractivity contribution in [3.63, 3.8) is 0 Å². The third kappa shape index (κ3) is 4.30. The summed E-state index contributed by atoms with van der Waals surface area (Å²) in [6.45, 7) is 3.11. The van der Waals surface area contributed by atoms with Crippen LogP contribution in [0.2, 0.25) is 0 Å². The first-order chi connectivity index (χ1) is 17.0. The van der Waals surface area contributed by atoms with Crippen molar-refractivity contribution in [3.8, 4) is 0 Å². The van der Waals surface area contributed by atoms with E-state index in [2.05, 4.69) is 25.8 Å². The molecule has 3 aromatic rings. The minimum atomic E-state index is -0.378. The van der Waals surface area contributed by atoms with Gasteiger partial charge in [-0.05, 0) is 91.2 Å². The van der Waals surface area contributed by atoms with Gasteiger partial charge in [0.25, 0.3) is 5.91 Å². The first kappa shape index (κ1) is 22.2. The third-order valence-electron chi connectivity index (χ3n) is 8.09. The lowest BCUT2D eigenvalue weighted by Crippen LogP contribution is -2.51. The van der Waals surface area contributed by atoms with Crippen molar-refractivity contribution in [3.05, 3.63) is 41.6 Å². The van der Waals surface area contributed by atoms with Gasteiger partial charge >= 0.3 is 5.97 Å². The number of nitrogens with one attached hydrogen (secondary N) is 1. The van der Waals surface area contributed by atoms with Gasteiger partial charge in [0, 0.05) is 12.7 Å². The molecule has 0 saturated heterocycles. The number of carbonyl (C=O) groups excluding carboxylic acids is 2. The van der Waals surface area contributed by atoms with Crippen LogP contribution in [-0.4, -0.2) is 54.6 Å². The normalized spacial score (nSPS) is 26.8. The maximum absolute atomic E-state index is 13.3. The number of hydrogen-bond donors (Lipinski definition) is 1. The summed E-state index contributed by atoms with van der Waals surface area (Å²) in [6, 6.07) is 5.56. The number of hydrogen-bond acceptors (Lipinski definition) is 7. The molecular formula is C25H31N7O3. The lowest BCUT2D eigenvalue weighted by molar-refractivity contribution is -0.142. The molecule has 4 bridgehead atoms. The van der Waals surface area contributed by atoms with Gasteiger partial charge in [-0.2, -0.15) is 0 Å². The third-order valence-corrected chi connectivity index (χ3v) is 8.09. The van der Waals surface area contributed by atoms with Crippen LogP contribution in [0.25, 0.3) is 5.65 Å². The van der Waals surface area contributed by atoms with E-state index < -0.39 is 0 Å². The van der Waals surface area contributed by atoms with Gasteiger partial charge in [-0.15, -0.1) is 5.10 Å². The van der Waals surface area contributed by atoms with Crippen molar-refractivity contribution in [2.45, 2.75) is 58.4 Å². The summed E-state index contributed by atoms with van der Waals surface area (Å²) in [5, 5.41) is 14.9. The minimum Gasteiger partial charge on any atom is -0.466 e. The lowest BCUT2D eigenvalue weighted by Gasteiger charge is -2.56. The van der Waals surface area contributed by atoms with Crippen LogP contribution >= 0.6 is 0 Å². The number of rotatable bonds is 8. The molecule has 35 heavy (non-hydrogen) atoms. The van der Waals surface area contributed by atoms with Gasteiger partial charge in [0.1, 0.15) is 17.8 Å². The predicted octanol–water partition coefficient (Wildman–Crippen LogP) is 2.42. The van der Waals surface area contributed by atoms with E-state index >= 15 is 0 Å². The molecule has 4 saturated carbocycles. The van der Waals surface area contributed by atoms with Crippen LogP contribution in [0.1, 0.15) is 67.5 Å². The Labute approximate surface area is 203 Å². The Morgan fingerprint density at radius 3 is 2.60 bits per heavy atom. The zero-order chi connectivity index (χ0) is 24.0. The fourth-order valence-corrected chi connectivity index (χ4v) is 7.15. The maximum atomic E-state index is 13.3. The highest BCUT2D eigenvalue weighted by Crippen LogP contribution is 2.59.